The Labute approximate surface area is 104 Å². The lowest BCUT2D eigenvalue weighted by molar-refractivity contribution is 0.0601. The molecule has 1 heterocycles. The first kappa shape index (κ1) is 11.0. The summed E-state index contributed by atoms with van der Waals surface area (Å²) in [6, 6.07) is 5.33. The number of fused-ring (bicyclic) bond motifs is 1. The zero-order valence-corrected chi connectivity index (χ0v) is 10.1. The highest BCUT2D eigenvalue weighted by Crippen LogP contribution is 2.32. The quantitative estimate of drug-likeness (QED) is 0.761. The summed E-state index contributed by atoms with van der Waals surface area (Å²) in [5.41, 5.74) is 1.84. The topological polar surface area (TPSA) is 52.6 Å². The predicted octanol–water partition coefficient (Wildman–Crippen LogP) is 2.40. The summed E-state index contributed by atoms with van der Waals surface area (Å²) in [5.74, 6) is -0.139. The third-order valence-corrected chi connectivity index (χ3v) is 3.22. The van der Waals surface area contributed by atoms with Crippen LogP contribution in [0.2, 0.25) is 0 Å². The SMILES string of the molecule is CC(C)c1ccc2c(c1)C(=O)C1=C(OCO1)C2=O. The van der Waals surface area contributed by atoms with Crippen molar-refractivity contribution in [2.24, 2.45) is 0 Å². The van der Waals surface area contributed by atoms with Crippen LogP contribution in [-0.2, 0) is 9.47 Å². The van der Waals surface area contributed by atoms with E-state index in [0.717, 1.165) is 5.56 Å². The number of Topliss-reactive ketones (excluding diaryl/α,β-unsaturated/α-hetero) is 2. The van der Waals surface area contributed by atoms with Crippen molar-refractivity contribution < 1.29 is 19.1 Å². The van der Waals surface area contributed by atoms with Gasteiger partial charge in [-0.25, -0.2) is 0 Å². The normalized spacial score (nSPS) is 17.5. The van der Waals surface area contributed by atoms with Crippen molar-refractivity contribution in [3.05, 3.63) is 46.4 Å². The summed E-state index contributed by atoms with van der Waals surface area (Å²) < 4.78 is 10.1. The summed E-state index contributed by atoms with van der Waals surface area (Å²) in [7, 11) is 0. The number of benzene rings is 1. The van der Waals surface area contributed by atoms with E-state index in [4.69, 9.17) is 9.47 Å². The van der Waals surface area contributed by atoms with E-state index in [-0.39, 0.29) is 29.9 Å². The molecule has 0 radical (unpaired) electrons. The monoisotopic (exact) mass is 244 g/mol. The smallest absolute Gasteiger partial charge is 0.232 e. The van der Waals surface area contributed by atoms with Crippen LogP contribution in [0.5, 0.6) is 0 Å². The van der Waals surface area contributed by atoms with Gasteiger partial charge in [-0.1, -0.05) is 19.9 Å². The summed E-state index contributed by atoms with van der Waals surface area (Å²) in [5, 5.41) is 0. The first-order valence-corrected chi connectivity index (χ1v) is 5.83. The molecule has 1 aromatic carbocycles. The molecule has 0 saturated heterocycles. The molecule has 0 N–H and O–H groups in total. The molecular weight excluding hydrogens is 232 g/mol. The molecule has 92 valence electrons. The first-order valence-electron chi connectivity index (χ1n) is 5.83. The van der Waals surface area contributed by atoms with Gasteiger partial charge in [-0.05, 0) is 23.6 Å². The number of hydrogen-bond acceptors (Lipinski definition) is 4. The standard InChI is InChI=1S/C14H12O4/c1-7(2)8-3-4-9-10(5-8)12(16)14-13(11(9)15)17-6-18-14/h3-5,7H,6H2,1-2H3. The van der Waals surface area contributed by atoms with Crippen molar-refractivity contribution in [1.29, 1.82) is 0 Å². The molecule has 1 aliphatic carbocycles. The van der Waals surface area contributed by atoms with Crippen molar-refractivity contribution in [2.75, 3.05) is 6.79 Å². The molecule has 0 spiro atoms. The third kappa shape index (κ3) is 1.38. The molecule has 0 aromatic heterocycles. The number of carbonyl (C=O) groups excluding carboxylic acids is 2. The summed E-state index contributed by atoms with van der Waals surface area (Å²) in [6.45, 7) is 4.01. The van der Waals surface area contributed by atoms with Crippen LogP contribution in [-0.4, -0.2) is 18.4 Å². The Morgan fingerprint density at radius 3 is 2.22 bits per heavy atom. The Bertz CT molecular complexity index is 596. The lowest BCUT2D eigenvalue weighted by Crippen LogP contribution is -2.20. The van der Waals surface area contributed by atoms with Gasteiger partial charge in [0.25, 0.3) is 0 Å². The molecule has 2 aliphatic rings. The van der Waals surface area contributed by atoms with E-state index in [0.29, 0.717) is 17.0 Å². The Kier molecular flexibility index (Phi) is 2.26. The lowest BCUT2D eigenvalue weighted by Gasteiger charge is -2.15. The highest BCUT2D eigenvalue weighted by atomic mass is 16.7. The fraction of sp³-hybridized carbons (Fsp3) is 0.286. The lowest BCUT2D eigenvalue weighted by atomic mass is 9.88. The van der Waals surface area contributed by atoms with Gasteiger partial charge in [-0.2, -0.15) is 0 Å². The molecule has 0 bridgehead atoms. The van der Waals surface area contributed by atoms with Crippen LogP contribution in [0.15, 0.2) is 29.7 Å². The average molecular weight is 244 g/mol. The van der Waals surface area contributed by atoms with Crippen molar-refractivity contribution in [2.45, 2.75) is 19.8 Å². The van der Waals surface area contributed by atoms with E-state index in [2.05, 4.69) is 0 Å². The second-order valence-corrected chi connectivity index (χ2v) is 4.68. The van der Waals surface area contributed by atoms with Crippen LogP contribution in [0.4, 0.5) is 0 Å². The van der Waals surface area contributed by atoms with Gasteiger partial charge in [0.15, 0.2) is 0 Å². The van der Waals surface area contributed by atoms with Gasteiger partial charge in [-0.3, -0.25) is 9.59 Å². The Balaban J connectivity index is 2.17. The van der Waals surface area contributed by atoms with Gasteiger partial charge in [0.1, 0.15) is 0 Å². The van der Waals surface area contributed by atoms with Crippen molar-refractivity contribution in [3.63, 3.8) is 0 Å². The molecule has 0 unspecified atom stereocenters. The number of carbonyl (C=O) groups is 2. The maximum Gasteiger partial charge on any atom is 0.232 e. The second kappa shape index (κ2) is 3.70. The van der Waals surface area contributed by atoms with Crippen molar-refractivity contribution in [1.82, 2.24) is 0 Å². The van der Waals surface area contributed by atoms with Gasteiger partial charge in [0.2, 0.25) is 29.9 Å². The van der Waals surface area contributed by atoms with Crippen LogP contribution in [0.25, 0.3) is 0 Å². The number of ether oxygens (including phenoxy) is 2. The molecule has 0 atom stereocenters. The number of rotatable bonds is 1. The van der Waals surface area contributed by atoms with Crippen LogP contribution in [0, 0.1) is 0 Å². The zero-order chi connectivity index (χ0) is 12.9. The summed E-state index contributed by atoms with van der Waals surface area (Å²) in [6.07, 6.45) is 0. The fourth-order valence-corrected chi connectivity index (χ4v) is 2.17. The van der Waals surface area contributed by atoms with Gasteiger partial charge in [0, 0.05) is 11.1 Å². The molecular formula is C14H12O4. The minimum absolute atomic E-state index is 0.0461. The number of hydrogen-bond donors (Lipinski definition) is 0. The maximum absolute atomic E-state index is 12.2. The molecule has 3 rings (SSSR count). The first-order chi connectivity index (χ1) is 8.59. The van der Waals surface area contributed by atoms with E-state index >= 15 is 0 Å². The second-order valence-electron chi connectivity index (χ2n) is 4.68. The van der Waals surface area contributed by atoms with Crippen molar-refractivity contribution >= 4 is 11.6 Å². The Morgan fingerprint density at radius 2 is 1.61 bits per heavy atom. The van der Waals surface area contributed by atoms with E-state index in [1.54, 1.807) is 12.1 Å². The molecule has 0 saturated carbocycles. The van der Waals surface area contributed by atoms with Gasteiger partial charge in [0.05, 0.1) is 0 Å². The van der Waals surface area contributed by atoms with E-state index in [9.17, 15) is 9.59 Å². The van der Waals surface area contributed by atoms with E-state index < -0.39 is 0 Å². The average Bonchev–Trinajstić information content (AvgIpc) is 2.84. The third-order valence-electron chi connectivity index (χ3n) is 3.22. The Morgan fingerprint density at radius 1 is 1.00 bits per heavy atom. The zero-order valence-electron chi connectivity index (χ0n) is 10.1. The molecule has 1 aliphatic heterocycles. The van der Waals surface area contributed by atoms with Gasteiger partial charge < -0.3 is 9.47 Å². The molecule has 4 nitrogen and oxygen atoms in total. The van der Waals surface area contributed by atoms with Crippen LogP contribution < -0.4 is 0 Å². The highest BCUT2D eigenvalue weighted by molar-refractivity contribution is 6.25. The van der Waals surface area contributed by atoms with Crippen LogP contribution in [0.1, 0.15) is 46.0 Å². The number of allylic oxidation sites excluding steroid dienone is 2. The minimum atomic E-state index is -0.271. The van der Waals surface area contributed by atoms with Gasteiger partial charge in [-0.15, -0.1) is 0 Å². The van der Waals surface area contributed by atoms with Crippen LogP contribution in [0.3, 0.4) is 0 Å². The molecule has 1 aromatic rings. The van der Waals surface area contributed by atoms with Gasteiger partial charge >= 0.3 is 0 Å². The molecule has 0 amide bonds. The molecule has 0 fully saturated rings. The van der Waals surface area contributed by atoms with Crippen LogP contribution >= 0.6 is 0 Å². The Hall–Kier alpha value is -2.10. The van der Waals surface area contributed by atoms with E-state index in [1.807, 2.05) is 19.9 Å². The summed E-state index contributed by atoms with van der Waals surface area (Å²) >= 11 is 0. The molecule has 18 heavy (non-hydrogen) atoms. The fourth-order valence-electron chi connectivity index (χ4n) is 2.17. The minimum Gasteiger partial charge on any atom is -0.449 e. The number of ketones is 2. The summed E-state index contributed by atoms with van der Waals surface area (Å²) in [4.78, 5) is 24.3. The maximum atomic E-state index is 12.2. The largest absolute Gasteiger partial charge is 0.449 e. The molecule has 4 heteroatoms. The highest BCUT2D eigenvalue weighted by Gasteiger charge is 2.38. The predicted molar refractivity (Wildman–Crippen MR) is 63.3 cm³/mol. The van der Waals surface area contributed by atoms with Crippen molar-refractivity contribution in [3.8, 4) is 0 Å². The van der Waals surface area contributed by atoms with E-state index in [1.165, 1.54) is 0 Å².